The number of carbonyl (C=O) groups excluding carboxylic acids is 1. The van der Waals surface area contributed by atoms with Crippen molar-refractivity contribution < 1.29 is 13.6 Å². The third-order valence-electron chi connectivity index (χ3n) is 4.63. The first-order valence-corrected chi connectivity index (χ1v) is 9.26. The molecule has 1 aliphatic rings. The van der Waals surface area contributed by atoms with Gasteiger partial charge in [-0.2, -0.15) is 0 Å². The first kappa shape index (κ1) is 17.7. The van der Waals surface area contributed by atoms with Gasteiger partial charge >= 0.3 is 0 Å². The molecule has 4 nitrogen and oxygen atoms in total. The number of halogens is 2. The van der Waals surface area contributed by atoms with E-state index >= 15 is 0 Å². The molecule has 0 bridgehead atoms. The number of rotatable bonds is 3. The number of nitrogens with zero attached hydrogens (tertiary/aromatic N) is 2. The van der Waals surface area contributed by atoms with E-state index in [0.717, 1.165) is 26.9 Å². The fourth-order valence-corrected chi connectivity index (χ4v) is 3.84. The van der Waals surface area contributed by atoms with Gasteiger partial charge in [-0.25, -0.2) is 9.37 Å². The van der Waals surface area contributed by atoms with E-state index in [1.54, 1.807) is 24.1 Å². The summed E-state index contributed by atoms with van der Waals surface area (Å²) in [7, 11) is 0. The van der Waals surface area contributed by atoms with Gasteiger partial charge in [0.1, 0.15) is 5.82 Å². The maximum atomic E-state index is 14.0. The van der Waals surface area contributed by atoms with Crippen LogP contribution < -0.4 is 4.90 Å². The molecule has 0 spiro atoms. The predicted octanol–water partition coefficient (Wildman–Crippen LogP) is 5.32. The fraction of sp³-hybridized carbons (Fsp3) is 0.143. The van der Waals surface area contributed by atoms with Crippen LogP contribution in [0.1, 0.15) is 28.9 Å². The Morgan fingerprint density at radius 1 is 1.26 bits per heavy atom. The summed E-state index contributed by atoms with van der Waals surface area (Å²) in [5.41, 5.74) is 3.70. The molecule has 0 saturated carbocycles. The zero-order valence-corrected chi connectivity index (χ0v) is 16.2. The van der Waals surface area contributed by atoms with Crippen LogP contribution in [-0.4, -0.2) is 10.9 Å². The molecule has 3 aromatic rings. The summed E-state index contributed by atoms with van der Waals surface area (Å²) >= 11 is 3.64. The van der Waals surface area contributed by atoms with E-state index in [1.165, 1.54) is 12.5 Å². The molecule has 1 aliphatic heterocycles. The molecule has 0 fully saturated rings. The Bertz CT molecular complexity index is 1040. The van der Waals surface area contributed by atoms with Crippen LogP contribution in [0.3, 0.4) is 0 Å². The standard InChI is InChI=1S/C21H16BrFN2O2/c1-13-6-7-14(8-17(13)23)11-25-18-5-3-2-4-15(18)21(22)16(9-20(25)26)19-10-24-12-27-19/h2-8,10,12H,9,11H2,1H3. The Balaban J connectivity index is 1.78. The van der Waals surface area contributed by atoms with Crippen LogP contribution in [0.4, 0.5) is 10.1 Å². The van der Waals surface area contributed by atoms with E-state index in [0.29, 0.717) is 11.3 Å². The first-order valence-electron chi connectivity index (χ1n) is 8.47. The van der Waals surface area contributed by atoms with Crippen LogP contribution in [-0.2, 0) is 11.3 Å². The number of aryl methyl sites for hydroxylation is 1. The summed E-state index contributed by atoms with van der Waals surface area (Å²) in [6.45, 7) is 2.01. The number of para-hydroxylation sites is 1. The smallest absolute Gasteiger partial charge is 0.231 e. The minimum absolute atomic E-state index is 0.0933. The van der Waals surface area contributed by atoms with E-state index in [1.807, 2.05) is 30.3 Å². The number of benzene rings is 2. The van der Waals surface area contributed by atoms with E-state index in [-0.39, 0.29) is 24.7 Å². The molecular weight excluding hydrogens is 411 g/mol. The summed E-state index contributed by atoms with van der Waals surface area (Å²) in [4.78, 5) is 18.7. The number of amides is 1. The Morgan fingerprint density at radius 2 is 2.07 bits per heavy atom. The lowest BCUT2D eigenvalue weighted by Crippen LogP contribution is -2.30. The van der Waals surface area contributed by atoms with E-state index in [2.05, 4.69) is 20.9 Å². The lowest BCUT2D eigenvalue weighted by molar-refractivity contribution is -0.117. The number of oxazole rings is 1. The number of hydrogen-bond acceptors (Lipinski definition) is 3. The van der Waals surface area contributed by atoms with Gasteiger partial charge in [-0.3, -0.25) is 4.79 Å². The van der Waals surface area contributed by atoms with Crippen LogP contribution in [0.2, 0.25) is 0 Å². The summed E-state index contributed by atoms with van der Waals surface area (Å²) in [5.74, 6) is 0.183. The Morgan fingerprint density at radius 3 is 2.81 bits per heavy atom. The molecule has 0 unspecified atom stereocenters. The van der Waals surface area contributed by atoms with Crippen molar-refractivity contribution >= 4 is 37.6 Å². The highest BCUT2D eigenvalue weighted by molar-refractivity contribution is 9.15. The van der Waals surface area contributed by atoms with Gasteiger partial charge in [0.2, 0.25) is 5.91 Å². The molecule has 2 heterocycles. The Kier molecular flexibility index (Phi) is 4.66. The highest BCUT2D eigenvalue weighted by Gasteiger charge is 2.28. The number of hydrogen-bond donors (Lipinski definition) is 0. The second-order valence-electron chi connectivity index (χ2n) is 6.42. The van der Waals surface area contributed by atoms with Crippen molar-refractivity contribution in [3.8, 4) is 0 Å². The molecular formula is C21H16BrFN2O2. The zero-order valence-electron chi connectivity index (χ0n) is 14.6. The highest BCUT2D eigenvalue weighted by Crippen LogP contribution is 2.42. The second-order valence-corrected chi connectivity index (χ2v) is 7.21. The molecule has 0 N–H and O–H groups in total. The topological polar surface area (TPSA) is 46.3 Å². The average molecular weight is 427 g/mol. The second kappa shape index (κ2) is 7.12. The molecule has 0 atom stereocenters. The van der Waals surface area contributed by atoms with Gasteiger partial charge in [-0.15, -0.1) is 0 Å². The van der Waals surface area contributed by atoms with Gasteiger partial charge in [-0.1, -0.05) is 30.3 Å². The normalized spacial score (nSPS) is 14.3. The maximum absolute atomic E-state index is 14.0. The van der Waals surface area contributed by atoms with E-state index in [9.17, 15) is 9.18 Å². The monoisotopic (exact) mass is 426 g/mol. The van der Waals surface area contributed by atoms with Gasteiger partial charge in [0.25, 0.3) is 0 Å². The quantitative estimate of drug-likeness (QED) is 0.568. The van der Waals surface area contributed by atoms with Crippen LogP contribution in [0.5, 0.6) is 0 Å². The average Bonchev–Trinajstić information content (AvgIpc) is 3.17. The lowest BCUT2D eigenvalue weighted by Gasteiger charge is -2.23. The summed E-state index contributed by atoms with van der Waals surface area (Å²) in [6.07, 6.45) is 3.09. The minimum atomic E-state index is -0.273. The van der Waals surface area contributed by atoms with Crippen molar-refractivity contribution in [2.24, 2.45) is 0 Å². The minimum Gasteiger partial charge on any atom is -0.444 e. The molecule has 0 saturated heterocycles. The molecule has 1 aromatic heterocycles. The summed E-state index contributed by atoms with van der Waals surface area (Å²) in [5, 5.41) is 0. The first-order chi connectivity index (χ1) is 13.0. The number of carbonyl (C=O) groups is 1. The van der Waals surface area contributed by atoms with E-state index in [4.69, 9.17) is 4.42 Å². The molecule has 1 amide bonds. The molecule has 4 rings (SSSR count). The van der Waals surface area contributed by atoms with Crippen molar-refractivity contribution in [3.63, 3.8) is 0 Å². The molecule has 27 heavy (non-hydrogen) atoms. The van der Waals surface area contributed by atoms with Crippen LogP contribution in [0, 0.1) is 12.7 Å². The molecule has 6 heteroatoms. The van der Waals surface area contributed by atoms with Gasteiger partial charge in [0.05, 0.1) is 24.8 Å². The zero-order chi connectivity index (χ0) is 19.0. The summed E-state index contributed by atoms with van der Waals surface area (Å²) in [6, 6.07) is 12.7. The largest absolute Gasteiger partial charge is 0.444 e. The van der Waals surface area contributed by atoms with Gasteiger partial charge < -0.3 is 9.32 Å². The molecule has 0 radical (unpaired) electrons. The highest BCUT2D eigenvalue weighted by atomic mass is 79.9. The number of fused-ring (bicyclic) bond motifs is 1. The van der Waals surface area contributed by atoms with Gasteiger partial charge in [0.15, 0.2) is 12.2 Å². The van der Waals surface area contributed by atoms with E-state index < -0.39 is 0 Å². The molecule has 136 valence electrons. The maximum Gasteiger partial charge on any atom is 0.231 e. The van der Waals surface area contributed by atoms with Crippen molar-refractivity contribution in [1.29, 1.82) is 0 Å². The SMILES string of the molecule is Cc1ccc(CN2C(=O)CC(c3cnco3)=C(Br)c3ccccc32)cc1F. The van der Waals surface area contributed by atoms with Crippen molar-refractivity contribution in [2.75, 3.05) is 4.90 Å². The molecule has 2 aromatic carbocycles. The number of anilines is 1. The van der Waals surface area contributed by atoms with Crippen LogP contribution >= 0.6 is 15.9 Å². The number of aromatic nitrogens is 1. The van der Waals surface area contributed by atoms with Gasteiger partial charge in [0, 0.05) is 15.6 Å². The van der Waals surface area contributed by atoms with Crippen LogP contribution in [0.25, 0.3) is 10.1 Å². The Hall–Kier alpha value is -2.73. The molecule has 0 aliphatic carbocycles. The van der Waals surface area contributed by atoms with Gasteiger partial charge in [-0.05, 0) is 46.1 Å². The third kappa shape index (κ3) is 3.32. The van der Waals surface area contributed by atoms with Crippen LogP contribution in [0.15, 0.2) is 59.5 Å². The van der Waals surface area contributed by atoms with Crippen molar-refractivity contribution in [1.82, 2.24) is 4.98 Å². The Labute approximate surface area is 164 Å². The predicted molar refractivity (Wildman–Crippen MR) is 106 cm³/mol. The summed E-state index contributed by atoms with van der Waals surface area (Å²) < 4.78 is 20.2. The van der Waals surface area contributed by atoms with Crippen molar-refractivity contribution in [3.05, 3.63) is 83.3 Å². The van der Waals surface area contributed by atoms with Crippen molar-refractivity contribution in [2.45, 2.75) is 19.9 Å². The third-order valence-corrected chi connectivity index (χ3v) is 5.54. The fourth-order valence-electron chi connectivity index (χ4n) is 3.17. The lowest BCUT2D eigenvalue weighted by atomic mass is 10.1.